The van der Waals surface area contributed by atoms with Crippen molar-refractivity contribution >= 4 is 64.7 Å². The van der Waals surface area contributed by atoms with Crippen LogP contribution in [0.15, 0.2) is 17.1 Å². The summed E-state index contributed by atoms with van der Waals surface area (Å²) in [6.45, 7) is 6.75. The van der Waals surface area contributed by atoms with Crippen molar-refractivity contribution in [1.82, 2.24) is 15.5 Å². The number of hydrogen-bond donors (Lipinski definition) is 2. The van der Waals surface area contributed by atoms with Gasteiger partial charge in [0.2, 0.25) is 0 Å². The number of unbranched alkanes of at least 4 members (excludes halogenated alkanes) is 1. The second-order valence-corrected chi connectivity index (χ2v) is 7.38. The zero-order valence-electron chi connectivity index (χ0n) is 16.0. The molecule has 28 heavy (non-hydrogen) atoms. The molecule has 0 bridgehead atoms. The number of aliphatic imine (C=N–C) groups is 1. The number of morpholine rings is 1. The SMILES string of the molecule is CN=C(NCCCCN1CCOCC1)NCCOc1c(Cl)cc(Cl)cc1Cl.I. The standard InChI is InChI=1S/C18H27Cl3N4O2.HI/c1-22-18(23-4-2-3-6-25-7-10-26-11-8-25)24-5-9-27-17-15(20)12-14(19)13-16(17)21;/h12-13H,2-11H2,1H3,(H2,22,23,24);1H. The molecular formula is C18H28Cl3IN4O2. The Labute approximate surface area is 199 Å². The number of nitrogens with one attached hydrogen (secondary N) is 2. The second kappa shape index (κ2) is 14.7. The lowest BCUT2D eigenvalue weighted by molar-refractivity contribution is 0.0372. The molecule has 1 aliphatic heterocycles. The van der Waals surface area contributed by atoms with Gasteiger partial charge in [0, 0.05) is 31.7 Å². The normalized spacial score (nSPS) is 15.1. The Morgan fingerprint density at radius 2 is 1.75 bits per heavy atom. The Morgan fingerprint density at radius 3 is 2.39 bits per heavy atom. The molecule has 10 heteroatoms. The molecule has 2 rings (SSSR count). The third-order valence-electron chi connectivity index (χ3n) is 4.12. The molecule has 1 aliphatic rings. The molecule has 1 saturated heterocycles. The van der Waals surface area contributed by atoms with Gasteiger partial charge in [0.25, 0.3) is 0 Å². The number of hydrogen-bond acceptors (Lipinski definition) is 4. The van der Waals surface area contributed by atoms with Crippen molar-refractivity contribution < 1.29 is 9.47 Å². The van der Waals surface area contributed by atoms with Crippen molar-refractivity contribution in [2.45, 2.75) is 12.8 Å². The first-order chi connectivity index (χ1) is 13.1. The largest absolute Gasteiger partial charge is 0.489 e. The first kappa shape index (κ1) is 25.8. The van der Waals surface area contributed by atoms with Crippen LogP contribution in [0.2, 0.25) is 15.1 Å². The van der Waals surface area contributed by atoms with Crippen LogP contribution in [0.4, 0.5) is 0 Å². The fourth-order valence-corrected chi connectivity index (χ4v) is 3.63. The average Bonchev–Trinajstić information content (AvgIpc) is 2.65. The second-order valence-electron chi connectivity index (χ2n) is 6.13. The minimum Gasteiger partial charge on any atom is -0.489 e. The summed E-state index contributed by atoms with van der Waals surface area (Å²) in [7, 11) is 1.75. The number of ether oxygens (including phenoxy) is 2. The Morgan fingerprint density at radius 1 is 1.11 bits per heavy atom. The van der Waals surface area contributed by atoms with Crippen molar-refractivity contribution in [3.63, 3.8) is 0 Å². The number of halogens is 4. The van der Waals surface area contributed by atoms with Gasteiger partial charge in [-0.15, -0.1) is 24.0 Å². The minimum absolute atomic E-state index is 0. The van der Waals surface area contributed by atoms with E-state index in [1.807, 2.05) is 0 Å². The molecule has 0 aliphatic carbocycles. The van der Waals surface area contributed by atoms with Gasteiger partial charge in [-0.25, -0.2) is 0 Å². The smallest absolute Gasteiger partial charge is 0.191 e. The highest BCUT2D eigenvalue weighted by molar-refractivity contribution is 14.0. The van der Waals surface area contributed by atoms with Crippen molar-refractivity contribution in [1.29, 1.82) is 0 Å². The molecular weight excluding hydrogens is 537 g/mol. The van der Waals surface area contributed by atoms with E-state index in [0.29, 0.717) is 34.0 Å². The zero-order valence-corrected chi connectivity index (χ0v) is 20.6. The first-order valence-electron chi connectivity index (χ1n) is 9.12. The topological polar surface area (TPSA) is 58.1 Å². The lowest BCUT2D eigenvalue weighted by Gasteiger charge is -2.26. The molecule has 0 atom stereocenters. The highest BCUT2D eigenvalue weighted by Crippen LogP contribution is 2.35. The highest BCUT2D eigenvalue weighted by atomic mass is 127. The third-order valence-corrected chi connectivity index (χ3v) is 4.90. The summed E-state index contributed by atoms with van der Waals surface area (Å²) in [5.74, 6) is 1.19. The molecule has 0 radical (unpaired) electrons. The molecule has 0 spiro atoms. The van der Waals surface area contributed by atoms with E-state index in [1.54, 1.807) is 19.2 Å². The molecule has 1 fully saturated rings. The van der Waals surface area contributed by atoms with Crippen LogP contribution in [0.1, 0.15) is 12.8 Å². The van der Waals surface area contributed by atoms with Crippen LogP contribution in [-0.2, 0) is 4.74 Å². The van der Waals surface area contributed by atoms with Crippen molar-refractivity contribution in [2.75, 3.05) is 59.6 Å². The van der Waals surface area contributed by atoms with E-state index in [0.717, 1.165) is 58.2 Å². The van der Waals surface area contributed by atoms with Gasteiger partial charge in [-0.05, 0) is 31.5 Å². The van der Waals surface area contributed by atoms with Crippen molar-refractivity contribution in [3.8, 4) is 5.75 Å². The predicted molar refractivity (Wildman–Crippen MR) is 128 cm³/mol. The van der Waals surface area contributed by atoms with E-state index in [2.05, 4.69) is 20.5 Å². The molecule has 2 N–H and O–H groups in total. The number of benzene rings is 1. The Kier molecular flexibility index (Phi) is 13.6. The molecule has 1 aromatic rings. The van der Waals surface area contributed by atoms with Crippen LogP contribution in [0, 0.1) is 0 Å². The van der Waals surface area contributed by atoms with E-state index >= 15 is 0 Å². The van der Waals surface area contributed by atoms with Crippen LogP contribution < -0.4 is 15.4 Å². The molecule has 0 amide bonds. The van der Waals surface area contributed by atoms with Gasteiger partial charge in [0.05, 0.1) is 29.8 Å². The van der Waals surface area contributed by atoms with Gasteiger partial charge in [0.15, 0.2) is 11.7 Å². The van der Waals surface area contributed by atoms with Crippen molar-refractivity contribution in [3.05, 3.63) is 27.2 Å². The Bertz CT molecular complexity index is 593. The molecule has 1 heterocycles. The van der Waals surface area contributed by atoms with Crippen LogP contribution in [0.5, 0.6) is 5.75 Å². The van der Waals surface area contributed by atoms with Gasteiger partial charge in [-0.1, -0.05) is 34.8 Å². The Hall–Kier alpha value is -0.190. The van der Waals surface area contributed by atoms with Gasteiger partial charge in [0.1, 0.15) is 6.61 Å². The van der Waals surface area contributed by atoms with Crippen LogP contribution >= 0.6 is 58.8 Å². The first-order valence-corrected chi connectivity index (χ1v) is 10.3. The summed E-state index contributed by atoms with van der Waals surface area (Å²) in [5, 5.41) is 7.79. The van der Waals surface area contributed by atoms with Gasteiger partial charge >= 0.3 is 0 Å². The fourth-order valence-electron chi connectivity index (χ4n) is 2.70. The molecule has 6 nitrogen and oxygen atoms in total. The summed E-state index contributed by atoms with van der Waals surface area (Å²) in [6, 6.07) is 3.21. The van der Waals surface area contributed by atoms with Crippen LogP contribution in [0.25, 0.3) is 0 Å². The van der Waals surface area contributed by atoms with Gasteiger partial charge < -0.3 is 20.1 Å². The maximum absolute atomic E-state index is 6.10. The summed E-state index contributed by atoms with van der Waals surface area (Å²) < 4.78 is 11.0. The van der Waals surface area contributed by atoms with Gasteiger partial charge in [-0.2, -0.15) is 0 Å². The summed E-state index contributed by atoms with van der Waals surface area (Å²) >= 11 is 18.1. The molecule has 1 aromatic carbocycles. The maximum Gasteiger partial charge on any atom is 0.191 e. The average molecular weight is 566 g/mol. The third kappa shape index (κ3) is 9.54. The number of nitrogens with zero attached hydrogens (tertiary/aromatic N) is 2. The number of rotatable bonds is 9. The van der Waals surface area contributed by atoms with Gasteiger partial charge in [-0.3, -0.25) is 9.89 Å². The minimum atomic E-state index is 0. The highest BCUT2D eigenvalue weighted by Gasteiger charge is 2.10. The lowest BCUT2D eigenvalue weighted by atomic mass is 10.3. The van der Waals surface area contributed by atoms with Crippen LogP contribution in [-0.4, -0.2) is 70.5 Å². The summed E-state index contributed by atoms with van der Waals surface area (Å²) in [4.78, 5) is 6.65. The molecule has 0 saturated carbocycles. The van der Waals surface area contributed by atoms with E-state index < -0.39 is 0 Å². The number of guanidine groups is 1. The molecule has 0 unspecified atom stereocenters. The zero-order chi connectivity index (χ0) is 19.5. The molecule has 160 valence electrons. The summed E-state index contributed by atoms with van der Waals surface area (Å²) in [5.41, 5.74) is 0. The summed E-state index contributed by atoms with van der Waals surface area (Å²) in [6.07, 6.45) is 2.24. The van der Waals surface area contributed by atoms with E-state index in [9.17, 15) is 0 Å². The van der Waals surface area contributed by atoms with E-state index in [4.69, 9.17) is 44.3 Å². The fraction of sp³-hybridized carbons (Fsp3) is 0.611. The van der Waals surface area contributed by atoms with Crippen molar-refractivity contribution in [2.24, 2.45) is 4.99 Å². The Balaban J connectivity index is 0.00000392. The predicted octanol–water partition coefficient (Wildman–Crippen LogP) is 3.92. The monoisotopic (exact) mass is 564 g/mol. The van der Waals surface area contributed by atoms with E-state index in [-0.39, 0.29) is 24.0 Å². The molecule has 0 aromatic heterocycles. The maximum atomic E-state index is 6.10. The lowest BCUT2D eigenvalue weighted by Crippen LogP contribution is -2.40. The quantitative estimate of drug-likeness (QED) is 0.206. The van der Waals surface area contributed by atoms with Crippen LogP contribution in [0.3, 0.4) is 0 Å². The van der Waals surface area contributed by atoms with E-state index in [1.165, 1.54) is 0 Å².